The highest BCUT2D eigenvalue weighted by Gasteiger charge is 2.79. The van der Waals surface area contributed by atoms with Crippen LogP contribution < -0.4 is 0 Å². The molecule has 14 heteroatoms. The van der Waals surface area contributed by atoms with Gasteiger partial charge in [0.2, 0.25) is 12.2 Å². The fourth-order valence-electron chi connectivity index (χ4n) is 9.38. The largest absolute Gasteiger partial charge is 0.472 e. The van der Waals surface area contributed by atoms with Gasteiger partial charge in [-0.25, -0.2) is 14.4 Å². The van der Waals surface area contributed by atoms with E-state index in [0.29, 0.717) is 5.56 Å². The van der Waals surface area contributed by atoms with Crippen molar-refractivity contribution < 1.29 is 67.1 Å². The molecular weight excluding hydrogens is 656 g/mol. The lowest BCUT2D eigenvalue weighted by Gasteiger charge is -2.67. The van der Waals surface area contributed by atoms with Crippen LogP contribution in [0.15, 0.2) is 45.8 Å². The van der Waals surface area contributed by atoms with Gasteiger partial charge in [0.1, 0.15) is 18.3 Å². The van der Waals surface area contributed by atoms with Gasteiger partial charge in [0, 0.05) is 47.1 Å². The average molecular weight is 701 g/mol. The van der Waals surface area contributed by atoms with Crippen molar-refractivity contribution in [1.82, 2.24) is 0 Å². The van der Waals surface area contributed by atoms with Crippen LogP contribution in [0.5, 0.6) is 0 Å². The van der Waals surface area contributed by atoms with Crippen molar-refractivity contribution in [3.05, 3.63) is 47.0 Å². The van der Waals surface area contributed by atoms with E-state index in [1.807, 2.05) is 0 Å². The number of aliphatic hydroxyl groups is 2. The van der Waals surface area contributed by atoms with Crippen LogP contribution in [0, 0.1) is 28.1 Å². The Bertz CT molecular complexity index is 1680. The number of esters is 5. The highest BCUT2D eigenvalue weighted by atomic mass is 16.6. The number of allylic oxidation sites excluding steroid dienone is 1. The molecule has 3 fully saturated rings. The molecule has 0 amide bonds. The Balaban J connectivity index is 1.89. The summed E-state index contributed by atoms with van der Waals surface area (Å²) in [5.74, 6) is -7.94. The van der Waals surface area contributed by atoms with Crippen molar-refractivity contribution in [3.63, 3.8) is 0 Å². The van der Waals surface area contributed by atoms with Crippen molar-refractivity contribution in [1.29, 1.82) is 0 Å². The summed E-state index contributed by atoms with van der Waals surface area (Å²) in [7, 11) is 1.08. The zero-order valence-corrected chi connectivity index (χ0v) is 29.6. The minimum absolute atomic E-state index is 0.00418. The molecule has 50 heavy (non-hydrogen) atoms. The van der Waals surface area contributed by atoms with Gasteiger partial charge in [0.15, 0.2) is 11.4 Å². The third-order valence-electron chi connectivity index (χ3n) is 11.5. The number of cyclic esters (lactones) is 1. The molecule has 14 nitrogen and oxygen atoms in total. The van der Waals surface area contributed by atoms with E-state index in [1.165, 1.54) is 32.4 Å². The molecule has 10 atom stereocenters. The van der Waals surface area contributed by atoms with E-state index in [2.05, 4.69) is 0 Å². The molecule has 2 heterocycles. The Hall–Kier alpha value is -4.30. The zero-order valence-electron chi connectivity index (χ0n) is 29.6. The summed E-state index contributed by atoms with van der Waals surface area (Å²) < 4.78 is 33.3. The maximum Gasteiger partial charge on any atom is 0.352 e. The topological polar surface area (TPSA) is 202 Å². The number of aliphatic hydroxyl groups excluding tert-OH is 1. The van der Waals surface area contributed by atoms with Crippen LogP contribution in [0.4, 0.5) is 0 Å². The number of ether oxygens (including phenoxy) is 5. The third-order valence-corrected chi connectivity index (χ3v) is 11.5. The standard InChI is InChI=1S/C36H44O14/c1-10-16(2)28(40)50-32-33(5,6)25(24(29(41)45-9)48-18(4)38)35(8)20-11-13-34(7)22(21(20)26(39)36(32,44)31(35)43)23(47-17(3)37)30(42)49-27(34)19-12-14-46-15-19/h10,12,14-15,20,23-27,32,39,44H,11,13H2,1-9H3/t20-,23+,24+,25-,26-,27-,32-,34+,35+,36-/m0/s1. The van der Waals surface area contributed by atoms with Gasteiger partial charge in [-0.2, -0.15) is 0 Å². The molecule has 0 spiro atoms. The van der Waals surface area contributed by atoms with Crippen LogP contribution in [0.1, 0.15) is 79.9 Å². The number of fused-ring (bicyclic) bond motifs is 5. The Labute approximate surface area is 289 Å². The lowest BCUT2D eigenvalue weighted by atomic mass is 9.38. The van der Waals surface area contributed by atoms with Crippen LogP contribution in [0.25, 0.3) is 0 Å². The number of ketones is 1. The number of hydrogen-bond donors (Lipinski definition) is 2. The number of hydrogen-bond acceptors (Lipinski definition) is 14. The summed E-state index contributed by atoms with van der Waals surface area (Å²) in [6.45, 7) is 11.6. The molecule has 0 aromatic carbocycles. The first-order valence-electron chi connectivity index (χ1n) is 16.4. The summed E-state index contributed by atoms with van der Waals surface area (Å²) in [5.41, 5.74) is -6.80. The Morgan fingerprint density at radius 1 is 1.04 bits per heavy atom. The molecule has 1 aromatic heterocycles. The van der Waals surface area contributed by atoms with E-state index < -0.39 is 99.8 Å². The maximum absolute atomic E-state index is 15.0. The van der Waals surface area contributed by atoms with Gasteiger partial charge >= 0.3 is 29.8 Å². The van der Waals surface area contributed by atoms with Gasteiger partial charge in [-0.3, -0.25) is 14.4 Å². The van der Waals surface area contributed by atoms with Crippen LogP contribution in [0.2, 0.25) is 0 Å². The lowest BCUT2D eigenvalue weighted by molar-refractivity contribution is -0.265. The number of rotatable bonds is 7. The number of methoxy groups -OCH3 is 1. The van der Waals surface area contributed by atoms with Gasteiger partial charge in [0.25, 0.3) is 0 Å². The highest BCUT2D eigenvalue weighted by Crippen LogP contribution is 2.69. The van der Waals surface area contributed by atoms with Gasteiger partial charge in [-0.1, -0.05) is 33.8 Å². The first-order chi connectivity index (χ1) is 23.2. The summed E-state index contributed by atoms with van der Waals surface area (Å²) in [6.07, 6.45) is -3.82. The minimum atomic E-state index is -2.88. The molecular formula is C36H44O14. The number of Topliss-reactive ketones (excluding diaryl/α,β-unsaturated/α-hetero) is 1. The summed E-state index contributed by atoms with van der Waals surface area (Å²) in [6, 6.07) is 1.60. The second kappa shape index (κ2) is 12.5. The molecule has 3 aliphatic carbocycles. The summed E-state index contributed by atoms with van der Waals surface area (Å²) in [5, 5.41) is 25.3. The molecule has 0 unspecified atom stereocenters. The number of carbonyl (C=O) groups is 6. The molecule has 272 valence electrons. The van der Waals surface area contributed by atoms with Crippen LogP contribution in [0.3, 0.4) is 0 Å². The van der Waals surface area contributed by atoms with Gasteiger partial charge in [0.05, 0.1) is 19.6 Å². The van der Waals surface area contributed by atoms with Gasteiger partial charge in [-0.05, 0) is 49.8 Å². The SMILES string of the molecule is CC=C(C)C(=O)O[C@H]1C(C)(C)[C@H]([C@@H](OC(C)=O)C(=O)OC)[C@]2(C)C(=O)[C@@]1(O)[C@@H](O)C1=C3[C@@H](OC(C)=O)C(=O)O[C@@H](c4ccoc4)[C@]3(C)CC[C@@H]12. The van der Waals surface area contributed by atoms with E-state index in [4.69, 9.17) is 28.1 Å². The normalized spacial score (nSPS) is 36.7. The number of furan rings is 1. The number of carbonyl (C=O) groups excluding carboxylic acids is 6. The smallest absolute Gasteiger partial charge is 0.352 e. The Morgan fingerprint density at radius 3 is 2.24 bits per heavy atom. The van der Waals surface area contributed by atoms with Gasteiger partial charge < -0.3 is 38.3 Å². The maximum atomic E-state index is 15.0. The predicted molar refractivity (Wildman–Crippen MR) is 169 cm³/mol. The molecule has 5 rings (SSSR count). The molecule has 2 saturated carbocycles. The molecule has 2 N–H and O–H groups in total. The fourth-order valence-corrected chi connectivity index (χ4v) is 9.38. The highest BCUT2D eigenvalue weighted by molar-refractivity contribution is 6.00. The third kappa shape index (κ3) is 5.12. The Kier molecular flexibility index (Phi) is 9.23. The molecule has 1 aromatic rings. The molecule has 1 saturated heterocycles. The fraction of sp³-hybridized carbons (Fsp3) is 0.611. The van der Waals surface area contributed by atoms with Crippen LogP contribution >= 0.6 is 0 Å². The first kappa shape index (κ1) is 37.0. The first-order valence-corrected chi connectivity index (χ1v) is 16.4. The second-order valence-electron chi connectivity index (χ2n) is 14.7. The summed E-state index contributed by atoms with van der Waals surface area (Å²) >= 11 is 0. The molecule has 0 radical (unpaired) electrons. The van der Waals surface area contributed by atoms with Crippen molar-refractivity contribution in [2.24, 2.45) is 28.1 Å². The predicted octanol–water partition coefficient (Wildman–Crippen LogP) is 2.84. The van der Waals surface area contributed by atoms with Crippen LogP contribution in [-0.4, -0.2) is 83.0 Å². The van der Waals surface area contributed by atoms with Crippen molar-refractivity contribution in [2.45, 2.75) is 104 Å². The van der Waals surface area contributed by atoms with Crippen LogP contribution in [-0.2, 0) is 52.5 Å². The summed E-state index contributed by atoms with van der Waals surface area (Å²) in [4.78, 5) is 80.7. The van der Waals surface area contributed by atoms with E-state index in [1.54, 1.807) is 33.8 Å². The second-order valence-corrected chi connectivity index (χ2v) is 14.7. The molecule has 2 bridgehead atoms. The van der Waals surface area contributed by atoms with Crippen molar-refractivity contribution in [3.8, 4) is 0 Å². The molecule has 1 aliphatic heterocycles. The van der Waals surface area contributed by atoms with Crippen molar-refractivity contribution >= 4 is 35.6 Å². The average Bonchev–Trinajstić information content (AvgIpc) is 3.58. The van der Waals surface area contributed by atoms with E-state index in [-0.39, 0.29) is 29.6 Å². The monoisotopic (exact) mass is 700 g/mol. The minimum Gasteiger partial charge on any atom is -0.472 e. The van der Waals surface area contributed by atoms with Crippen molar-refractivity contribution in [2.75, 3.05) is 7.11 Å². The van der Waals surface area contributed by atoms with E-state index in [9.17, 15) is 34.2 Å². The van der Waals surface area contributed by atoms with E-state index in [0.717, 1.165) is 21.0 Å². The lowest BCUT2D eigenvalue weighted by Crippen LogP contribution is -2.81. The zero-order chi connectivity index (χ0) is 37.3. The van der Waals surface area contributed by atoms with E-state index >= 15 is 4.79 Å². The quantitative estimate of drug-likeness (QED) is 0.182. The van der Waals surface area contributed by atoms with Gasteiger partial charge in [-0.15, -0.1) is 0 Å². The molecule has 4 aliphatic rings. The Morgan fingerprint density at radius 2 is 1.70 bits per heavy atom.